The van der Waals surface area contributed by atoms with Crippen LogP contribution >= 0.6 is 0 Å². The summed E-state index contributed by atoms with van der Waals surface area (Å²) in [5, 5.41) is 6.40. The number of rotatable bonds is 5. The predicted molar refractivity (Wildman–Crippen MR) is 89.9 cm³/mol. The second-order valence-electron chi connectivity index (χ2n) is 5.76. The molecule has 1 aromatic carbocycles. The second kappa shape index (κ2) is 6.84. The van der Waals surface area contributed by atoms with E-state index in [2.05, 4.69) is 10.5 Å². The number of hydrogen-bond donors (Lipinski definition) is 1. The van der Waals surface area contributed by atoms with Crippen LogP contribution in [0.15, 0.2) is 28.8 Å². The normalized spacial score (nSPS) is 16.8. The Morgan fingerprint density at radius 2 is 2.12 bits per heavy atom. The molecule has 1 aromatic heterocycles. The number of carbonyl (C=O) groups excluding carboxylic acids is 2. The maximum Gasteiger partial charge on any atom is 0.231 e. The molecule has 2 heterocycles. The second-order valence-corrected chi connectivity index (χ2v) is 5.76. The fraction of sp³-hybridized carbons (Fsp3) is 0.353. The van der Waals surface area contributed by atoms with E-state index in [4.69, 9.17) is 14.0 Å². The first-order chi connectivity index (χ1) is 12.0. The van der Waals surface area contributed by atoms with Crippen LogP contribution in [0.5, 0.6) is 11.5 Å². The van der Waals surface area contributed by atoms with Crippen LogP contribution in [0.25, 0.3) is 0 Å². The van der Waals surface area contributed by atoms with Gasteiger partial charge >= 0.3 is 0 Å². The van der Waals surface area contributed by atoms with Crippen LogP contribution in [0.3, 0.4) is 0 Å². The Hall–Kier alpha value is -3.03. The molecule has 8 nitrogen and oxygen atoms in total. The molecule has 1 aliphatic heterocycles. The molecule has 2 aromatic rings. The molecule has 25 heavy (non-hydrogen) atoms. The summed E-state index contributed by atoms with van der Waals surface area (Å²) in [4.78, 5) is 26.3. The third-order valence-corrected chi connectivity index (χ3v) is 4.05. The number of hydrogen-bond acceptors (Lipinski definition) is 6. The largest absolute Gasteiger partial charge is 0.497 e. The monoisotopic (exact) mass is 345 g/mol. The van der Waals surface area contributed by atoms with Crippen LogP contribution < -0.4 is 19.7 Å². The van der Waals surface area contributed by atoms with Gasteiger partial charge in [0.05, 0.1) is 25.8 Å². The Morgan fingerprint density at radius 3 is 2.76 bits per heavy atom. The highest BCUT2D eigenvalue weighted by atomic mass is 16.5. The summed E-state index contributed by atoms with van der Waals surface area (Å²) in [7, 11) is 3.08. The summed E-state index contributed by atoms with van der Waals surface area (Å²) >= 11 is 0. The van der Waals surface area contributed by atoms with Crippen molar-refractivity contribution in [1.29, 1.82) is 0 Å². The topological polar surface area (TPSA) is 93.9 Å². The highest BCUT2D eigenvalue weighted by molar-refractivity contribution is 6.04. The fourth-order valence-corrected chi connectivity index (χ4v) is 2.78. The van der Waals surface area contributed by atoms with Crippen molar-refractivity contribution in [3.05, 3.63) is 30.0 Å². The zero-order valence-electron chi connectivity index (χ0n) is 14.2. The summed E-state index contributed by atoms with van der Waals surface area (Å²) in [5.41, 5.74) is 0.612. The van der Waals surface area contributed by atoms with Gasteiger partial charge in [-0.05, 0) is 19.1 Å². The van der Waals surface area contributed by atoms with E-state index in [-0.39, 0.29) is 24.8 Å². The van der Waals surface area contributed by atoms with Crippen molar-refractivity contribution in [2.24, 2.45) is 5.92 Å². The first kappa shape index (κ1) is 16.8. The van der Waals surface area contributed by atoms with E-state index in [1.165, 1.54) is 7.11 Å². The van der Waals surface area contributed by atoms with E-state index in [0.29, 0.717) is 28.8 Å². The summed E-state index contributed by atoms with van der Waals surface area (Å²) < 4.78 is 15.4. The van der Waals surface area contributed by atoms with Gasteiger partial charge in [0.25, 0.3) is 0 Å². The maximum atomic E-state index is 12.4. The molecular formula is C17H19N3O5. The van der Waals surface area contributed by atoms with Crippen LogP contribution in [0.4, 0.5) is 11.5 Å². The molecule has 8 heteroatoms. The number of aromatic nitrogens is 1. The van der Waals surface area contributed by atoms with E-state index in [1.807, 2.05) is 0 Å². The van der Waals surface area contributed by atoms with Gasteiger partial charge in [0, 0.05) is 25.1 Å². The van der Waals surface area contributed by atoms with Crippen molar-refractivity contribution < 1.29 is 23.6 Å². The highest BCUT2D eigenvalue weighted by Crippen LogP contribution is 2.36. The number of amides is 2. The number of anilines is 2. The number of ether oxygens (including phenoxy) is 2. The lowest BCUT2D eigenvalue weighted by Gasteiger charge is -2.20. The average Bonchev–Trinajstić information content (AvgIpc) is 3.19. The van der Waals surface area contributed by atoms with Gasteiger partial charge in [-0.25, -0.2) is 0 Å². The molecule has 1 fully saturated rings. The zero-order valence-corrected chi connectivity index (χ0v) is 14.2. The summed E-state index contributed by atoms with van der Waals surface area (Å²) in [5.74, 6) is 1.20. The van der Waals surface area contributed by atoms with Gasteiger partial charge in [-0.3, -0.25) is 9.59 Å². The van der Waals surface area contributed by atoms with Crippen LogP contribution in [-0.2, 0) is 9.59 Å². The Morgan fingerprint density at radius 1 is 1.32 bits per heavy atom. The number of nitrogens with zero attached hydrogens (tertiary/aromatic N) is 2. The number of benzene rings is 1. The quantitative estimate of drug-likeness (QED) is 0.891. The van der Waals surface area contributed by atoms with Crippen molar-refractivity contribution in [3.63, 3.8) is 0 Å². The minimum atomic E-state index is -0.476. The Kier molecular flexibility index (Phi) is 4.60. The lowest BCUT2D eigenvalue weighted by Crippen LogP contribution is -2.28. The molecular weight excluding hydrogens is 326 g/mol. The number of nitrogens with one attached hydrogen (secondary N) is 1. The van der Waals surface area contributed by atoms with Crippen molar-refractivity contribution in [1.82, 2.24) is 5.16 Å². The van der Waals surface area contributed by atoms with Gasteiger partial charge in [0.2, 0.25) is 11.8 Å². The van der Waals surface area contributed by atoms with E-state index < -0.39 is 5.92 Å². The van der Waals surface area contributed by atoms with Crippen molar-refractivity contribution >= 4 is 23.3 Å². The molecule has 0 unspecified atom stereocenters. The maximum absolute atomic E-state index is 12.4. The van der Waals surface area contributed by atoms with Crippen molar-refractivity contribution in [3.8, 4) is 11.5 Å². The van der Waals surface area contributed by atoms with Crippen LogP contribution in [0.1, 0.15) is 12.2 Å². The van der Waals surface area contributed by atoms with Crippen LogP contribution in [-0.4, -0.2) is 37.7 Å². The molecule has 1 atom stereocenters. The minimum Gasteiger partial charge on any atom is -0.497 e. The standard InChI is InChI=1S/C17H19N3O5/c1-10-6-15(19-25-10)18-17(22)11-7-16(21)20(9-11)13-5-4-12(23-2)8-14(13)24-3/h4-6,8,11H,7,9H2,1-3H3,(H,18,19,22)/t11-/m0/s1. The Labute approximate surface area is 144 Å². The summed E-state index contributed by atoms with van der Waals surface area (Å²) in [6.45, 7) is 2.00. The Balaban J connectivity index is 1.75. The van der Waals surface area contributed by atoms with Gasteiger partial charge in [-0.1, -0.05) is 5.16 Å². The van der Waals surface area contributed by atoms with Gasteiger partial charge < -0.3 is 24.2 Å². The van der Waals surface area contributed by atoms with E-state index in [9.17, 15) is 9.59 Å². The van der Waals surface area contributed by atoms with E-state index in [0.717, 1.165) is 0 Å². The fourth-order valence-electron chi connectivity index (χ4n) is 2.78. The molecule has 0 radical (unpaired) electrons. The molecule has 1 aliphatic rings. The molecule has 0 spiro atoms. The van der Waals surface area contributed by atoms with E-state index in [1.54, 1.807) is 43.2 Å². The lowest BCUT2D eigenvalue weighted by molar-refractivity contribution is -0.122. The zero-order chi connectivity index (χ0) is 18.0. The third-order valence-electron chi connectivity index (χ3n) is 4.05. The molecule has 1 saturated heterocycles. The van der Waals surface area contributed by atoms with Crippen molar-refractivity contribution in [2.45, 2.75) is 13.3 Å². The molecule has 132 valence electrons. The minimum absolute atomic E-state index is 0.123. The first-order valence-corrected chi connectivity index (χ1v) is 7.78. The van der Waals surface area contributed by atoms with Gasteiger partial charge in [-0.2, -0.15) is 0 Å². The van der Waals surface area contributed by atoms with E-state index >= 15 is 0 Å². The van der Waals surface area contributed by atoms with Gasteiger partial charge in [-0.15, -0.1) is 0 Å². The number of aryl methyl sites for hydroxylation is 1. The molecule has 2 amide bonds. The summed E-state index contributed by atoms with van der Waals surface area (Å²) in [6, 6.07) is 6.82. The number of methoxy groups -OCH3 is 2. The summed E-state index contributed by atoms with van der Waals surface area (Å²) in [6.07, 6.45) is 0.123. The lowest BCUT2D eigenvalue weighted by atomic mass is 10.1. The third kappa shape index (κ3) is 3.42. The van der Waals surface area contributed by atoms with Crippen molar-refractivity contribution in [2.75, 3.05) is 31.0 Å². The number of carbonyl (C=O) groups is 2. The van der Waals surface area contributed by atoms with Gasteiger partial charge in [0.1, 0.15) is 17.3 Å². The first-order valence-electron chi connectivity index (χ1n) is 7.78. The SMILES string of the molecule is COc1ccc(N2C[C@@H](C(=O)Nc3cc(C)on3)CC2=O)c(OC)c1. The average molecular weight is 345 g/mol. The molecule has 3 rings (SSSR count). The molecule has 1 N–H and O–H groups in total. The van der Waals surface area contributed by atoms with Gasteiger partial charge in [0.15, 0.2) is 5.82 Å². The van der Waals surface area contributed by atoms with Crippen LogP contribution in [0, 0.1) is 12.8 Å². The predicted octanol–water partition coefficient (Wildman–Crippen LogP) is 1.99. The molecule has 0 bridgehead atoms. The molecule has 0 saturated carbocycles. The van der Waals surface area contributed by atoms with Crippen LogP contribution in [0.2, 0.25) is 0 Å². The smallest absolute Gasteiger partial charge is 0.231 e. The molecule has 0 aliphatic carbocycles. The highest BCUT2D eigenvalue weighted by Gasteiger charge is 2.36. The Bertz CT molecular complexity index is 801.